The van der Waals surface area contributed by atoms with Gasteiger partial charge >= 0.3 is 0 Å². The van der Waals surface area contributed by atoms with Crippen molar-refractivity contribution in [3.8, 4) is 0 Å². The lowest BCUT2D eigenvalue weighted by atomic mass is 9.87. The van der Waals surface area contributed by atoms with Gasteiger partial charge in [-0.1, -0.05) is 24.3 Å². The zero-order chi connectivity index (χ0) is 13.9. The molecule has 0 amide bonds. The van der Waals surface area contributed by atoms with E-state index in [4.69, 9.17) is 5.73 Å². The number of hydrogen-bond donors (Lipinski definition) is 1. The Hall–Kier alpha value is -0.940. The van der Waals surface area contributed by atoms with Crippen molar-refractivity contribution in [2.24, 2.45) is 5.73 Å². The molecule has 0 spiro atoms. The Labute approximate surface area is 127 Å². The van der Waals surface area contributed by atoms with Gasteiger partial charge in [0, 0.05) is 9.11 Å². The average molecular weight is 369 g/mol. The van der Waals surface area contributed by atoms with E-state index in [9.17, 15) is 4.39 Å². The fraction of sp³-hybridized carbons (Fsp3) is 0.250. The summed E-state index contributed by atoms with van der Waals surface area (Å²) in [6.07, 6.45) is 1.54. The van der Waals surface area contributed by atoms with Crippen LogP contribution in [-0.4, -0.2) is 5.54 Å². The molecular weight excluding hydrogens is 352 g/mol. The second kappa shape index (κ2) is 6.01. The van der Waals surface area contributed by atoms with Gasteiger partial charge in [-0.05, 0) is 77.7 Å². The summed E-state index contributed by atoms with van der Waals surface area (Å²) >= 11 is 2.29. The molecule has 0 saturated carbocycles. The molecule has 1 unspecified atom stereocenters. The van der Waals surface area contributed by atoms with Gasteiger partial charge in [-0.2, -0.15) is 0 Å². The lowest BCUT2D eigenvalue weighted by Gasteiger charge is -2.25. The molecule has 0 fully saturated rings. The molecule has 0 aliphatic carbocycles. The van der Waals surface area contributed by atoms with Crippen molar-refractivity contribution in [1.29, 1.82) is 0 Å². The van der Waals surface area contributed by atoms with Crippen LogP contribution in [0.3, 0.4) is 0 Å². The smallest absolute Gasteiger partial charge is 0.123 e. The van der Waals surface area contributed by atoms with Crippen LogP contribution in [0.4, 0.5) is 4.39 Å². The topological polar surface area (TPSA) is 26.0 Å². The van der Waals surface area contributed by atoms with Gasteiger partial charge in [0.05, 0.1) is 0 Å². The molecule has 0 bridgehead atoms. The zero-order valence-corrected chi connectivity index (χ0v) is 13.0. The SMILES string of the molecule is CC(N)(Cc1ccc(F)cc1)Cc1ccc(I)cc1. The Bertz CT molecular complexity index is 482. The summed E-state index contributed by atoms with van der Waals surface area (Å²) in [4.78, 5) is 0. The van der Waals surface area contributed by atoms with E-state index in [1.165, 1.54) is 21.3 Å². The normalized spacial score (nSPS) is 14.1. The second-order valence-electron chi connectivity index (χ2n) is 5.26. The third-order valence-electron chi connectivity index (χ3n) is 3.04. The van der Waals surface area contributed by atoms with Gasteiger partial charge in [0.1, 0.15) is 5.82 Å². The number of benzene rings is 2. The van der Waals surface area contributed by atoms with E-state index in [1.54, 1.807) is 12.1 Å². The maximum atomic E-state index is 12.9. The van der Waals surface area contributed by atoms with Crippen molar-refractivity contribution in [2.45, 2.75) is 25.3 Å². The molecule has 0 radical (unpaired) electrons. The molecule has 0 heterocycles. The Morgan fingerprint density at radius 2 is 1.37 bits per heavy atom. The predicted molar refractivity (Wildman–Crippen MR) is 85.6 cm³/mol. The summed E-state index contributed by atoms with van der Waals surface area (Å²) in [6, 6.07) is 15.0. The average Bonchev–Trinajstić information content (AvgIpc) is 2.34. The van der Waals surface area contributed by atoms with E-state index in [2.05, 4.69) is 46.9 Å². The number of nitrogens with two attached hydrogens (primary N) is 1. The quantitative estimate of drug-likeness (QED) is 0.812. The van der Waals surface area contributed by atoms with Crippen molar-refractivity contribution in [2.75, 3.05) is 0 Å². The molecule has 2 rings (SSSR count). The fourth-order valence-electron chi connectivity index (χ4n) is 2.20. The molecule has 0 aliphatic rings. The van der Waals surface area contributed by atoms with Gasteiger partial charge in [-0.15, -0.1) is 0 Å². The number of rotatable bonds is 4. The van der Waals surface area contributed by atoms with Crippen LogP contribution in [0.25, 0.3) is 0 Å². The standard InChI is InChI=1S/C16H17FIN/c1-16(19,10-12-2-6-14(17)7-3-12)11-13-4-8-15(18)9-5-13/h2-9H,10-11,19H2,1H3. The van der Waals surface area contributed by atoms with E-state index in [-0.39, 0.29) is 11.4 Å². The largest absolute Gasteiger partial charge is 0.325 e. The van der Waals surface area contributed by atoms with Crippen LogP contribution in [0, 0.1) is 9.39 Å². The van der Waals surface area contributed by atoms with E-state index < -0.39 is 0 Å². The number of hydrogen-bond acceptors (Lipinski definition) is 1. The minimum atomic E-state index is -0.329. The first-order chi connectivity index (χ1) is 8.94. The van der Waals surface area contributed by atoms with Gasteiger partial charge < -0.3 is 5.73 Å². The van der Waals surface area contributed by atoms with Crippen LogP contribution >= 0.6 is 22.6 Å². The summed E-state index contributed by atoms with van der Waals surface area (Å²) in [5.74, 6) is -0.208. The first-order valence-electron chi connectivity index (χ1n) is 6.22. The fourth-order valence-corrected chi connectivity index (χ4v) is 2.56. The van der Waals surface area contributed by atoms with E-state index in [1.807, 2.05) is 6.92 Å². The molecular formula is C16H17FIN. The molecule has 2 aromatic carbocycles. The molecule has 100 valence electrons. The van der Waals surface area contributed by atoms with Crippen LogP contribution in [0.15, 0.2) is 48.5 Å². The van der Waals surface area contributed by atoms with Gasteiger partial charge in [-0.25, -0.2) is 4.39 Å². The first-order valence-corrected chi connectivity index (χ1v) is 7.30. The first kappa shape index (κ1) is 14.5. The zero-order valence-electron chi connectivity index (χ0n) is 10.9. The summed E-state index contributed by atoms with van der Waals surface area (Å²) in [6.45, 7) is 2.04. The monoisotopic (exact) mass is 369 g/mol. The molecule has 1 atom stereocenters. The lowest BCUT2D eigenvalue weighted by molar-refractivity contribution is 0.462. The maximum Gasteiger partial charge on any atom is 0.123 e. The number of halogens is 2. The highest BCUT2D eigenvalue weighted by molar-refractivity contribution is 14.1. The minimum Gasteiger partial charge on any atom is -0.325 e. The van der Waals surface area contributed by atoms with Gasteiger partial charge in [-0.3, -0.25) is 0 Å². The van der Waals surface area contributed by atoms with Gasteiger partial charge in [0.25, 0.3) is 0 Å². The highest BCUT2D eigenvalue weighted by Gasteiger charge is 2.19. The molecule has 2 aromatic rings. The summed E-state index contributed by atoms with van der Waals surface area (Å²) in [5, 5.41) is 0. The second-order valence-corrected chi connectivity index (χ2v) is 6.51. The molecule has 0 saturated heterocycles. The minimum absolute atomic E-state index is 0.208. The van der Waals surface area contributed by atoms with Gasteiger partial charge in [0.15, 0.2) is 0 Å². The molecule has 0 aromatic heterocycles. The molecule has 19 heavy (non-hydrogen) atoms. The third kappa shape index (κ3) is 4.58. The Kier molecular flexibility index (Phi) is 4.58. The molecule has 3 heteroatoms. The Balaban J connectivity index is 2.05. The summed E-state index contributed by atoms with van der Waals surface area (Å²) in [7, 11) is 0. The van der Waals surface area contributed by atoms with E-state index >= 15 is 0 Å². The highest BCUT2D eigenvalue weighted by Crippen LogP contribution is 2.18. The third-order valence-corrected chi connectivity index (χ3v) is 3.76. The molecule has 1 nitrogen and oxygen atoms in total. The van der Waals surface area contributed by atoms with E-state index in [0.29, 0.717) is 0 Å². The van der Waals surface area contributed by atoms with E-state index in [0.717, 1.165) is 18.4 Å². The van der Waals surface area contributed by atoms with Crippen molar-refractivity contribution in [3.63, 3.8) is 0 Å². The van der Waals surface area contributed by atoms with Crippen molar-refractivity contribution in [1.82, 2.24) is 0 Å². The summed E-state index contributed by atoms with van der Waals surface area (Å²) in [5.41, 5.74) is 8.33. The summed E-state index contributed by atoms with van der Waals surface area (Å²) < 4.78 is 14.1. The predicted octanol–water partition coefficient (Wildman–Crippen LogP) is 3.93. The molecule has 0 aliphatic heterocycles. The van der Waals surface area contributed by atoms with Crippen LogP contribution in [0.2, 0.25) is 0 Å². The van der Waals surface area contributed by atoms with Crippen molar-refractivity contribution < 1.29 is 4.39 Å². The van der Waals surface area contributed by atoms with Crippen LogP contribution in [0.1, 0.15) is 18.1 Å². The van der Waals surface area contributed by atoms with Crippen molar-refractivity contribution in [3.05, 3.63) is 69.0 Å². The van der Waals surface area contributed by atoms with Gasteiger partial charge in [0.2, 0.25) is 0 Å². The Morgan fingerprint density at radius 3 is 1.84 bits per heavy atom. The Morgan fingerprint density at radius 1 is 0.947 bits per heavy atom. The molecule has 2 N–H and O–H groups in total. The van der Waals surface area contributed by atoms with Crippen LogP contribution in [-0.2, 0) is 12.8 Å². The lowest BCUT2D eigenvalue weighted by Crippen LogP contribution is -2.40. The van der Waals surface area contributed by atoms with Crippen LogP contribution in [0.5, 0.6) is 0 Å². The maximum absolute atomic E-state index is 12.9. The van der Waals surface area contributed by atoms with Crippen molar-refractivity contribution >= 4 is 22.6 Å². The highest BCUT2D eigenvalue weighted by atomic mass is 127. The van der Waals surface area contributed by atoms with Crippen LogP contribution < -0.4 is 5.73 Å².